The van der Waals surface area contributed by atoms with E-state index in [4.69, 9.17) is 5.11 Å². The van der Waals surface area contributed by atoms with E-state index in [0.29, 0.717) is 11.7 Å². The van der Waals surface area contributed by atoms with E-state index in [1.54, 1.807) is 0 Å². The van der Waals surface area contributed by atoms with Gasteiger partial charge >= 0.3 is 5.97 Å². The van der Waals surface area contributed by atoms with Crippen LogP contribution < -0.4 is 5.32 Å². The second-order valence-electron chi connectivity index (χ2n) is 3.62. The van der Waals surface area contributed by atoms with E-state index in [1.165, 1.54) is 12.4 Å². The number of anilines is 1. The zero-order valence-corrected chi connectivity index (χ0v) is 9.60. The van der Waals surface area contributed by atoms with Gasteiger partial charge in [0.25, 0.3) is 0 Å². The highest BCUT2D eigenvalue weighted by Crippen LogP contribution is 2.12. The van der Waals surface area contributed by atoms with Crippen LogP contribution in [0.25, 0.3) is 0 Å². The summed E-state index contributed by atoms with van der Waals surface area (Å²) >= 11 is 0. The van der Waals surface area contributed by atoms with E-state index in [2.05, 4.69) is 29.1 Å². The molecule has 0 spiro atoms. The standard InChI is InChI=1S/C11H17N3O2/c1-3-8(4-2)7-14-10-9(11(15)16)12-5-6-13-10/h5-6,8H,3-4,7H2,1-2H3,(H,13,14)(H,15,16). The topological polar surface area (TPSA) is 75.1 Å². The number of carboxylic acid groups (broad SMARTS) is 1. The highest BCUT2D eigenvalue weighted by Gasteiger charge is 2.13. The molecule has 0 unspecified atom stereocenters. The molecule has 0 saturated carbocycles. The van der Waals surface area contributed by atoms with Crippen LogP contribution in [0.5, 0.6) is 0 Å². The average Bonchev–Trinajstić information content (AvgIpc) is 2.30. The van der Waals surface area contributed by atoms with Gasteiger partial charge in [0.15, 0.2) is 11.5 Å². The molecule has 88 valence electrons. The van der Waals surface area contributed by atoms with E-state index < -0.39 is 5.97 Å². The molecular weight excluding hydrogens is 206 g/mol. The Morgan fingerprint density at radius 2 is 2.00 bits per heavy atom. The maximum atomic E-state index is 10.9. The molecule has 0 radical (unpaired) electrons. The Bertz CT molecular complexity index is 351. The van der Waals surface area contributed by atoms with Gasteiger partial charge in [0.1, 0.15) is 0 Å². The van der Waals surface area contributed by atoms with Crippen LogP contribution in [0.2, 0.25) is 0 Å². The summed E-state index contributed by atoms with van der Waals surface area (Å²) in [5.74, 6) is -0.175. The number of hydrogen-bond donors (Lipinski definition) is 2. The second kappa shape index (κ2) is 6.05. The molecule has 0 aliphatic heterocycles. The van der Waals surface area contributed by atoms with Crippen molar-refractivity contribution >= 4 is 11.8 Å². The zero-order chi connectivity index (χ0) is 12.0. The summed E-state index contributed by atoms with van der Waals surface area (Å²) in [7, 11) is 0. The number of aromatic nitrogens is 2. The van der Waals surface area contributed by atoms with Crippen molar-refractivity contribution in [2.24, 2.45) is 5.92 Å². The van der Waals surface area contributed by atoms with E-state index in [1.807, 2.05) is 0 Å². The van der Waals surface area contributed by atoms with Crippen molar-refractivity contribution in [2.45, 2.75) is 26.7 Å². The van der Waals surface area contributed by atoms with E-state index in [0.717, 1.165) is 19.4 Å². The minimum atomic E-state index is -1.06. The molecule has 0 atom stereocenters. The predicted molar refractivity (Wildman–Crippen MR) is 61.6 cm³/mol. The fourth-order valence-electron chi connectivity index (χ4n) is 1.44. The molecule has 1 aromatic heterocycles. The molecule has 0 aliphatic rings. The smallest absolute Gasteiger partial charge is 0.358 e. The summed E-state index contributed by atoms with van der Waals surface area (Å²) in [6.45, 7) is 4.96. The van der Waals surface area contributed by atoms with Crippen LogP contribution in [0.4, 0.5) is 5.82 Å². The van der Waals surface area contributed by atoms with Crippen LogP contribution in [0.1, 0.15) is 37.2 Å². The van der Waals surface area contributed by atoms with Gasteiger partial charge in [0.2, 0.25) is 0 Å². The highest BCUT2D eigenvalue weighted by molar-refractivity contribution is 5.90. The molecule has 0 bridgehead atoms. The van der Waals surface area contributed by atoms with Crippen LogP contribution >= 0.6 is 0 Å². The largest absolute Gasteiger partial charge is 0.476 e. The van der Waals surface area contributed by atoms with Gasteiger partial charge in [-0.25, -0.2) is 14.8 Å². The maximum absolute atomic E-state index is 10.9. The molecule has 2 N–H and O–H groups in total. The molecule has 1 heterocycles. The van der Waals surface area contributed by atoms with Crippen molar-refractivity contribution in [1.82, 2.24) is 9.97 Å². The highest BCUT2D eigenvalue weighted by atomic mass is 16.4. The number of nitrogens with zero attached hydrogens (tertiary/aromatic N) is 2. The maximum Gasteiger partial charge on any atom is 0.358 e. The van der Waals surface area contributed by atoms with Crippen LogP contribution in [0.3, 0.4) is 0 Å². The quantitative estimate of drug-likeness (QED) is 0.771. The van der Waals surface area contributed by atoms with Gasteiger partial charge in [-0.05, 0) is 5.92 Å². The van der Waals surface area contributed by atoms with Gasteiger partial charge in [-0.3, -0.25) is 0 Å². The monoisotopic (exact) mass is 223 g/mol. The lowest BCUT2D eigenvalue weighted by Crippen LogP contribution is -2.16. The van der Waals surface area contributed by atoms with E-state index in [-0.39, 0.29) is 5.69 Å². The summed E-state index contributed by atoms with van der Waals surface area (Å²) in [6.07, 6.45) is 4.99. The fraction of sp³-hybridized carbons (Fsp3) is 0.545. The zero-order valence-electron chi connectivity index (χ0n) is 9.60. The normalized spacial score (nSPS) is 10.4. The van der Waals surface area contributed by atoms with Crippen molar-refractivity contribution < 1.29 is 9.90 Å². The molecule has 0 fully saturated rings. The summed E-state index contributed by atoms with van der Waals surface area (Å²) in [5.41, 5.74) is -0.0199. The van der Waals surface area contributed by atoms with Gasteiger partial charge in [-0.1, -0.05) is 26.7 Å². The molecule has 0 aliphatic carbocycles. The number of hydrogen-bond acceptors (Lipinski definition) is 4. The molecule has 1 aromatic rings. The van der Waals surface area contributed by atoms with Crippen molar-refractivity contribution in [3.05, 3.63) is 18.1 Å². The van der Waals surface area contributed by atoms with Crippen molar-refractivity contribution in [3.63, 3.8) is 0 Å². The van der Waals surface area contributed by atoms with Crippen LogP contribution in [0, 0.1) is 5.92 Å². The molecule has 0 aromatic carbocycles. The number of nitrogens with one attached hydrogen (secondary N) is 1. The molecule has 5 nitrogen and oxygen atoms in total. The van der Waals surface area contributed by atoms with Crippen molar-refractivity contribution in [3.8, 4) is 0 Å². The molecule has 1 rings (SSSR count). The van der Waals surface area contributed by atoms with Gasteiger partial charge in [0, 0.05) is 18.9 Å². The Labute approximate surface area is 94.9 Å². The Kier molecular flexibility index (Phi) is 4.69. The summed E-state index contributed by atoms with van der Waals surface area (Å²) in [6, 6.07) is 0. The Morgan fingerprint density at radius 1 is 1.38 bits per heavy atom. The van der Waals surface area contributed by atoms with Gasteiger partial charge in [0.05, 0.1) is 0 Å². The van der Waals surface area contributed by atoms with Crippen LogP contribution in [-0.4, -0.2) is 27.6 Å². The molecule has 16 heavy (non-hydrogen) atoms. The number of aromatic carboxylic acids is 1. The van der Waals surface area contributed by atoms with Gasteiger partial charge in [-0.15, -0.1) is 0 Å². The van der Waals surface area contributed by atoms with Gasteiger partial charge < -0.3 is 10.4 Å². The van der Waals surface area contributed by atoms with Crippen LogP contribution in [-0.2, 0) is 0 Å². The minimum Gasteiger partial charge on any atom is -0.476 e. The number of rotatable bonds is 6. The van der Waals surface area contributed by atoms with Crippen molar-refractivity contribution in [2.75, 3.05) is 11.9 Å². The lowest BCUT2D eigenvalue weighted by Gasteiger charge is -2.14. The third-order valence-electron chi connectivity index (χ3n) is 2.61. The summed E-state index contributed by atoms with van der Waals surface area (Å²) in [4.78, 5) is 18.6. The first-order chi connectivity index (χ1) is 7.69. The lowest BCUT2D eigenvalue weighted by molar-refractivity contribution is 0.0691. The number of carbonyl (C=O) groups is 1. The number of carboxylic acids is 1. The average molecular weight is 223 g/mol. The summed E-state index contributed by atoms with van der Waals surface area (Å²) in [5, 5.41) is 11.9. The first-order valence-electron chi connectivity index (χ1n) is 5.47. The van der Waals surface area contributed by atoms with Gasteiger partial charge in [-0.2, -0.15) is 0 Å². The van der Waals surface area contributed by atoms with E-state index >= 15 is 0 Å². The fourth-order valence-corrected chi connectivity index (χ4v) is 1.44. The Hall–Kier alpha value is -1.65. The van der Waals surface area contributed by atoms with Crippen LogP contribution in [0.15, 0.2) is 12.4 Å². The molecule has 0 saturated heterocycles. The SMILES string of the molecule is CCC(CC)CNc1nccnc1C(=O)O. The van der Waals surface area contributed by atoms with E-state index in [9.17, 15) is 4.79 Å². The third-order valence-corrected chi connectivity index (χ3v) is 2.61. The Balaban J connectivity index is 2.69. The third kappa shape index (κ3) is 3.18. The molecule has 0 amide bonds. The Morgan fingerprint density at radius 3 is 2.56 bits per heavy atom. The molecular formula is C11H17N3O2. The first kappa shape index (κ1) is 12.4. The lowest BCUT2D eigenvalue weighted by atomic mass is 10.0. The molecule has 5 heteroatoms. The predicted octanol–water partition coefficient (Wildman–Crippen LogP) is 2.02. The first-order valence-corrected chi connectivity index (χ1v) is 5.47. The minimum absolute atomic E-state index is 0.0199. The summed E-state index contributed by atoms with van der Waals surface area (Å²) < 4.78 is 0. The second-order valence-corrected chi connectivity index (χ2v) is 3.62. The van der Waals surface area contributed by atoms with Crippen molar-refractivity contribution in [1.29, 1.82) is 0 Å².